The Hall–Kier alpha value is -1.67. The molecule has 0 aliphatic carbocycles. The Labute approximate surface area is 127 Å². The normalized spacial score (nSPS) is 15.5. The van der Waals surface area contributed by atoms with E-state index in [1.807, 2.05) is 31.2 Å². The van der Waals surface area contributed by atoms with Crippen LogP contribution in [0.3, 0.4) is 0 Å². The van der Waals surface area contributed by atoms with Gasteiger partial charge >= 0.3 is 0 Å². The van der Waals surface area contributed by atoms with Crippen LogP contribution in [-0.4, -0.2) is 0 Å². The lowest BCUT2D eigenvalue weighted by molar-refractivity contribution is 0.387. The molecule has 0 fully saturated rings. The molecule has 0 amide bonds. The zero-order chi connectivity index (χ0) is 15.4. The Kier molecular flexibility index (Phi) is 5.13. The van der Waals surface area contributed by atoms with Crippen LogP contribution in [0, 0.1) is 18.7 Å². The molecule has 0 aliphatic heterocycles. The molecule has 0 aromatic heterocycles. The first-order valence-electron chi connectivity index (χ1n) is 7.60. The number of halogens is 1. The van der Waals surface area contributed by atoms with E-state index in [-0.39, 0.29) is 17.8 Å². The monoisotopic (exact) mass is 285 g/mol. The van der Waals surface area contributed by atoms with Crippen LogP contribution >= 0.6 is 0 Å². The largest absolute Gasteiger partial charge is 0.323 e. The first-order valence-corrected chi connectivity index (χ1v) is 7.60. The van der Waals surface area contributed by atoms with Crippen LogP contribution in [0.2, 0.25) is 0 Å². The van der Waals surface area contributed by atoms with Gasteiger partial charge in [0.15, 0.2) is 0 Å². The second kappa shape index (κ2) is 6.86. The summed E-state index contributed by atoms with van der Waals surface area (Å²) in [7, 11) is 0. The molecule has 2 aromatic carbocycles. The maximum absolute atomic E-state index is 13.7. The van der Waals surface area contributed by atoms with Crippen molar-refractivity contribution in [2.45, 2.75) is 39.2 Å². The number of hydrogen-bond donors (Lipinski definition) is 1. The first-order chi connectivity index (χ1) is 10.0. The second-order valence-corrected chi connectivity index (χ2v) is 5.91. The van der Waals surface area contributed by atoms with E-state index < -0.39 is 0 Å². The topological polar surface area (TPSA) is 26.0 Å². The number of aryl methyl sites for hydroxylation is 1. The van der Waals surface area contributed by atoms with Crippen molar-refractivity contribution < 1.29 is 4.39 Å². The molecule has 2 N–H and O–H groups in total. The summed E-state index contributed by atoms with van der Waals surface area (Å²) in [5, 5.41) is 0. The fourth-order valence-corrected chi connectivity index (χ4v) is 2.98. The lowest BCUT2D eigenvalue weighted by Crippen LogP contribution is -2.25. The Bertz CT molecular complexity index is 559. The second-order valence-electron chi connectivity index (χ2n) is 5.91. The van der Waals surface area contributed by atoms with Crippen LogP contribution in [0.25, 0.3) is 0 Å². The van der Waals surface area contributed by atoms with Gasteiger partial charge < -0.3 is 5.73 Å². The molecule has 0 aliphatic rings. The summed E-state index contributed by atoms with van der Waals surface area (Å²) in [4.78, 5) is 0. The predicted molar refractivity (Wildman–Crippen MR) is 86.7 cm³/mol. The number of nitrogens with two attached hydrogens (primary N) is 1. The summed E-state index contributed by atoms with van der Waals surface area (Å²) in [6.45, 7) is 6.29. The number of hydrogen-bond acceptors (Lipinski definition) is 1. The van der Waals surface area contributed by atoms with E-state index in [0.717, 1.165) is 17.5 Å². The van der Waals surface area contributed by atoms with E-state index in [1.54, 1.807) is 6.07 Å². The minimum absolute atomic E-state index is 0.192. The molecule has 0 heterocycles. The van der Waals surface area contributed by atoms with E-state index in [0.29, 0.717) is 5.92 Å². The first kappa shape index (κ1) is 15.7. The van der Waals surface area contributed by atoms with Crippen molar-refractivity contribution in [3.8, 4) is 0 Å². The van der Waals surface area contributed by atoms with Crippen molar-refractivity contribution in [2.75, 3.05) is 0 Å². The summed E-state index contributed by atoms with van der Waals surface area (Å²) in [6, 6.07) is 15.2. The standard InChI is InChI=1S/C19H24FN/c1-4-14(3)18(15-8-6-5-7-9-15)19(21)16-10-13(2)11-17(20)12-16/h5-12,14,18-19H,4,21H2,1-3H3. The summed E-state index contributed by atoms with van der Waals surface area (Å²) >= 11 is 0. The zero-order valence-corrected chi connectivity index (χ0v) is 13.0. The van der Waals surface area contributed by atoms with Gasteiger partial charge in [-0.15, -0.1) is 0 Å². The molecule has 3 atom stereocenters. The van der Waals surface area contributed by atoms with Crippen LogP contribution in [0.15, 0.2) is 48.5 Å². The predicted octanol–water partition coefficient (Wildman–Crippen LogP) is 4.96. The molecule has 21 heavy (non-hydrogen) atoms. The Morgan fingerprint density at radius 2 is 1.71 bits per heavy atom. The van der Waals surface area contributed by atoms with E-state index >= 15 is 0 Å². The minimum atomic E-state index is -0.212. The van der Waals surface area contributed by atoms with Crippen molar-refractivity contribution in [1.82, 2.24) is 0 Å². The number of rotatable bonds is 5. The van der Waals surface area contributed by atoms with Crippen LogP contribution in [0.4, 0.5) is 4.39 Å². The summed E-state index contributed by atoms with van der Waals surface area (Å²) < 4.78 is 13.7. The van der Waals surface area contributed by atoms with E-state index in [9.17, 15) is 4.39 Å². The summed E-state index contributed by atoms with van der Waals surface area (Å²) in [5.41, 5.74) is 9.53. The average Bonchev–Trinajstić information content (AvgIpc) is 2.47. The fourth-order valence-electron chi connectivity index (χ4n) is 2.98. The van der Waals surface area contributed by atoms with Gasteiger partial charge in [0, 0.05) is 12.0 Å². The highest BCUT2D eigenvalue weighted by Gasteiger charge is 2.26. The molecule has 2 heteroatoms. The van der Waals surface area contributed by atoms with Gasteiger partial charge in [0.1, 0.15) is 5.82 Å². The molecule has 0 spiro atoms. The highest BCUT2D eigenvalue weighted by Crippen LogP contribution is 2.37. The molecular weight excluding hydrogens is 261 g/mol. The molecule has 0 saturated carbocycles. The Balaban J connectivity index is 2.41. The van der Waals surface area contributed by atoms with Gasteiger partial charge in [0.25, 0.3) is 0 Å². The van der Waals surface area contributed by atoms with E-state index in [4.69, 9.17) is 5.73 Å². The molecule has 3 unspecified atom stereocenters. The third-order valence-electron chi connectivity index (χ3n) is 4.28. The molecule has 112 valence electrons. The van der Waals surface area contributed by atoms with Crippen LogP contribution in [0.5, 0.6) is 0 Å². The molecule has 2 rings (SSSR count). The number of benzene rings is 2. The Morgan fingerprint density at radius 1 is 1.05 bits per heavy atom. The van der Waals surface area contributed by atoms with Crippen LogP contribution in [-0.2, 0) is 0 Å². The summed E-state index contributed by atoms with van der Waals surface area (Å²) in [6.07, 6.45) is 1.04. The SMILES string of the molecule is CCC(C)C(c1ccccc1)C(N)c1cc(C)cc(F)c1. The summed E-state index contributed by atoms with van der Waals surface area (Å²) in [5.74, 6) is 0.416. The van der Waals surface area contributed by atoms with Gasteiger partial charge in [-0.2, -0.15) is 0 Å². The van der Waals surface area contributed by atoms with Gasteiger partial charge in [-0.25, -0.2) is 4.39 Å². The molecule has 0 saturated heterocycles. The molecular formula is C19H24FN. The lowest BCUT2D eigenvalue weighted by Gasteiger charge is -2.30. The molecule has 0 bridgehead atoms. The smallest absolute Gasteiger partial charge is 0.123 e. The van der Waals surface area contributed by atoms with Crippen molar-refractivity contribution in [1.29, 1.82) is 0 Å². The molecule has 2 aromatic rings. The third-order valence-corrected chi connectivity index (χ3v) is 4.28. The van der Waals surface area contributed by atoms with Gasteiger partial charge in [-0.05, 0) is 41.7 Å². The van der Waals surface area contributed by atoms with E-state index in [1.165, 1.54) is 11.6 Å². The molecule has 0 radical (unpaired) electrons. The van der Waals surface area contributed by atoms with Crippen molar-refractivity contribution in [3.63, 3.8) is 0 Å². The fraction of sp³-hybridized carbons (Fsp3) is 0.368. The van der Waals surface area contributed by atoms with Crippen LogP contribution < -0.4 is 5.73 Å². The highest BCUT2D eigenvalue weighted by atomic mass is 19.1. The van der Waals surface area contributed by atoms with Gasteiger partial charge in [0.05, 0.1) is 0 Å². The van der Waals surface area contributed by atoms with Crippen molar-refractivity contribution >= 4 is 0 Å². The van der Waals surface area contributed by atoms with Crippen molar-refractivity contribution in [3.05, 3.63) is 71.0 Å². The Morgan fingerprint density at radius 3 is 2.29 bits per heavy atom. The van der Waals surface area contributed by atoms with Crippen molar-refractivity contribution in [2.24, 2.45) is 11.7 Å². The lowest BCUT2D eigenvalue weighted by atomic mass is 9.78. The van der Waals surface area contributed by atoms with Gasteiger partial charge in [0.2, 0.25) is 0 Å². The maximum atomic E-state index is 13.7. The van der Waals surface area contributed by atoms with Crippen LogP contribution in [0.1, 0.15) is 48.9 Å². The highest BCUT2D eigenvalue weighted by molar-refractivity contribution is 5.31. The maximum Gasteiger partial charge on any atom is 0.123 e. The minimum Gasteiger partial charge on any atom is -0.323 e. The quantitative estimate of drug-likeness (QED) is 0.825. The zero-order valence-electron chi connectivity index (χ0n) is 13.0. The van der Waals surface area contributed by atoms with E-state index in [2.05, 4.69) is 26.0 Å². The van der Waals surface area contributed by atoms with Gasteiger partial charge in [-0.1, -0.05) is 56.7 Å². The van der Waals surface area contributed by atoms with Gasteiger partial charge in [-0.3, -0.25) is 0 Å². The molecule has 1 nitrogen and oxygen atoms in total. The third kappa shape index (κ3) is 3.70. The average molecular weight is 285 g/mol.